The summed E-state index contributed by atoms with van der Waals surface area (Å²) in [4.78, 5) is 25.6. The van der Waals surface area contributed by atoms with Gasteiger partial charge in [-0.25, -0.2) is 0 Å². The average molecular weight is 377 g/mol. The van der Waals surface area contributed by atoms with E-state index in [0.29, 0.717) is 28.2 Å². The minimum absolute atomic E-state index is 0.102. The van der Waals surface area contributed by atoms with Gasteiger partial charge in [0.15, 0.2) is 11.5 Å². The van der Waals surface area contributed by atoms with E-state index >= 15 is 0 Å². The Morgan fingerprint density at radius 1 is 0.929 bits per heavy atom. The number of fused-ring (bicyclic) bond motifs is 3. The number of rotatable bonds is 5. The van der Waals surface area contributed by atoms with E-state index in [4.69, 9.17) is 9.47 Å². The van der Waals surface area contributed by atoms with Crippen molar-refractivity contribution in [3.05, 3.63) is 71.1 Å². The van der Waals surface area contributed by atoms with Gasteiger partial charge in [-0.05, 0) is 36.4 Å². The predicted octanol–water partition coefficient (Wildman–Crippen LogP) is 2.91. The highest BCUT2D eigenvalue weighted by molar-refractivity contribution is 5.92. The smallest absolute Gasteiger partial charge is 0.275 e. The number of benzene rings is 2. The Balaban J connectivity index is 1.69. The van der Waals surface area contributed by atoms with Crippen molar-refractivity contribution in [2.75, 3.05) is 19.5 Å². The Kier molecular flexibility index (Phi) is 4.49. The third-order valence-electron chi connectivity index (χ3n) is 4.61. The molecule has 2 aromatic carbocycles. The molecular formula is C21H19N3O4. The Hall–Kier alpha value is -3.74. The van der Waals surface area contributed by atoms with Crippen LogP contribution < -0.4 is 20.3 Å². The van der Waals surface area contributed by atoms with Crippen LogP contribution in [0.15, 0.2) is 65.6 Å². The van der Waals surface area contributed by atoms with Crippen molar-refractivity contribution in [1.29, 1.82) is 0 Å². The first-order valence-corrected chi connectivity index (χ1v) is 8.73. The van der Waals surface area contributed by atoms with Crippen LogP contribution in [0.5, 0.6) is 11.5 Å². The van der Waals surface area contributed by atoms with E-state index in [0.717, 1.165) is 5.52 Å². The molecule has 0 spiro atoms. The van der Waals surface area contributed by atoms with E-state index in [-0.39, 0.29) is 18.0 Å². The van der Waals surface area contributed by atoms with Crippen molar-refractivity contribution < 1.29 is 14.3 Å². The lowest BCUT2D eigenvalue weighted by molar-refractivity contribution is -0.116. The number of para-hydroxylation sites is 2. The molecule has 28 heavy (non-hydrogen) atoms. The van der Waals surface area contributed by atoms with E-state index in [2.05, 4.69) is 5.32 Å². The van der Waals surface area contributed by atoms with Crippen molar-refractivity contribution in [2.24, 2.45) is 0 Å². The van der Waals surface area contributed by atoms with Crippen LogP contribution in [0, 0.1) is 0 Å². The molecule has 4 aromatic rings. The maximum absolute atomic E-state index is 12.9. The molecular weight excluding hydrogens is 358 g/mol. The minimum atomic E-state index is -0.310. The Labute approximate surface area is 160 Å². The molecule has 7 heteroatoms. The molecule has 1 amide bonds. The number of nitrogens with one attached hydrogen (secondary N) is 1. The molecule has 4 rings (SSSR count). The van der Waals surface area contributed by atoms with Gasteiger partial charge in [-0.1, -0.05) is 12.1 Å². The fourth-order valence-corrected chi connectivity index (χ4v) is 3.32. The van der Waals surface area contributed by atoms with Crippen molar-refractivity contribution >= 4 is 28.1 Å². The van der Waals surface area contributed by atoms with Gasteiger partial charge >= 0.3 is 0 Å². The van der Waals surface area contributed by atoms with Crippen molar-refractivity contribution in [1.82, 2.24) is 8.97 Å². The molecule has 0 atom stereocenters. The highest BCUT2D eigenvalue weighted by Gasteiger charge is 2.14. The molecule has 0 radical (unpaired) electrons. The highest BCUT2D eigenvalue weighted by atomic mass is 16.5. The second kappa shape index (κ2) is 7.11. The lowest BCUT2D eigenvalue weighted by atomic mass is 10.2. The summed E-state index contributed by atoms with van der Waals surface area (Å²) >= 11 is 0. The van der Waals surface area contributed by atoms with Gasteiger partial charge in [0.2, 0.25) is 5.91 Å². The van der Waals surface area contributed by atoms with Crippen LogP contribution in [0.3, 0.4) is 0 Å². The number of anilines is 1. The predicted molar refractivity (Wildman–Crippen MR) is 107 cm³/mol. The minimum Gasteiger partial charge on any atom is -0.493 e. The van der Waals surface area contributed by atoms with Gasteiger partial charge in [-0.3, -0.25) is 14.2 Å². The van der Waals surface area contributed by atoms with E-state index in [1.54, 1.807) is 31.4 Å². The van der Waals surface area contributed by atoms with Gasteiger partial charge < -0.3 is 19.2 Å². The third kappa shape index (κ3) is 2.96. The molecule has 0 fully saturated rings. The van der Waals surface area contributed by atoms with Gasteiger partial charge in [-0.15, -0.1) is 0 Å². The zero-order chi connectivity index (χ0) is 19.7. The van der Waals surface area contributed by atoms with Crippen LogP contribution in [0.4, 0.5) is 5.69 Å². The zero-order valence-electron chi connectivity index (χ0n) is 15.5. The van der Waals surface area contributed by atoms with Gasteiger partial charge in [0, 0.05) is 18.0 Å². The van der Waals surface area contributed by atoms with Crippen LogP contribution in [-0.2, 0) is 11.3 Å². The fourth-order valence-electron chi connectivity index (χ4n) is 3.32. The maximum Gasteiger partial charge on any atom is 0.275 e. The number of hydrogen-bond donors (Lipinski definition) is 1. The Bertz CT molecular complexity index is 1240. The van der Waals surface area contributed by atoms with Gasteiger partial charge in [-0.2, -0.15) is 0 Å². The number of hydrogen-bond acceptors (Lipinski definition) is 4. The second-order valence-electron chi connectivity index (χ2n) is 6.26. The van der Waals surface area contributed by atoms with Gasteiger partial charge in [0.25, 0.3) is 5.56 Å². The highest BCUT2D eigenvalue weighted by Crippen LogP contribution is 2.29. The topological polar surface area (TPSA) is 74.0 Å². The molecule has 0 aliphatic heterocycles. The summed E-state index contributed by atoms with van der Waals surface area (Å²) in [7, 11) is 3.08. The monoisotopic (exact) mass is 377 g/mol. The van der Waals surface area contributed by atoms with E-state index in [1.807, 2.05) is 40.9 Å². The zero-order valence-corrected chi connectivity index (χ0v) is 15.5. The fraction of sp³-hybridized carbons (Fsp3) is 0.143. The first-order chi connectivity index (χ1) is 13.6. The summed E-state index contributed by atoms with van der Waals surface area (Å²) in [6, 6.07) is 16.2. The first-order valence-electron chi connectivity index (χ1n) is 8.73. The molecule has 142 valence electrons. The molecule has 2 heterocycles. The second-order valence-corrected chi connectivity index (χ2v) is 6.26. The third-order valence-corrected chi connectivity index (χ3v) is 4.61. The maximum atomic E-state index is 12.9. The molecule has 0 bridgehead atoms. The molecule has 2 aromatic heterocycles. The normalized spacial score (nSPS) is 10.9. The summed E-state index contributed by atoms with van der Waals surface area (Å²) in [5, 5.41) is 2.81. The van der Waals surface area contributed by atoms with E-state index in [9.17, 15) is 9.59 Å². The molecule has 0 saturated heterocycles. The number of amides is 1. The average Bonchev–Trinajstić information content (AvgIpc) is 3.21. The van der Waals surface area contributed by atoms with Crippen molar-refractivity contribution in [2.45, 2.75) is 6.54 Å². The molecule has 0 saturated carbocycles. The Morgan fingerprint density at radius 2 is 1.64 bits per heavy atom. The van der Waals surface area contributed by atoms with E-state index in [1.165, 1.54) is 11.7 Å². The summed E-state index contributed by atoms with van der Waals surface area (Å²) in [5.41, 5.74) is 2.42. The number of aromatic nitrogens is 2. The molecule has 0 unspecified atom stereocenters. The molecule has 7 nitrogen and oxygen atoms in total. The van der Waals surface area contributed by atoms with Gasteiger partial charge in [0.1, 0.15) is 12.1 Å². The largest absolute Gasteiger partial charge is 0.493 e. The quantitative estimate of drug-likeness (QED) is 0.580. The standard InChI is InChI=1S/C21H19N3O4/c1-27-18-10-9-14(12-19(18)28-2)22-20(25)13-24-16-7-4-3-6-15(16)23-11-5-8-17(23)21(24)26/h3-12H,13H2,1-2H3,(H,22,25). The van der Waals surface area contributed by atoms with Crippen LogP contribution in [0.2, 0.25) is 0 Å². The van der Waals surface area contributed by atoms with E-state index < -0.39 is 0 Å². The van der Waals surface area contributed by atoms with Crippen LogP contribution >= 0.6 is 0 Å². The first kappa shape index (κ1) is 17.7. The summed E-state index contributed by atoms with van der Waals surface area (Å²) in [6.07, 6.45) is 1.84. The number of ether oxygens (including phenoxy) is 2. The summed E-state index contributed by atoms with van der Waals surface area (Å²) in [5.74, 6) is 0.772. The summed E-state index contributed by atoms with van der Waals surface area (Å²) < 4.78 is 13.8. The number of nitrogens with zero attached hydrogens (tertiary/aromatic N) is 2. The van der Waals surface area contributed by atoms with Crippen LogP contribution in [-0.4, -0.2) is 29.1 Å². The van der Waals surface area contributed by atoms with Crippen LogP contribution in [0.25, 0.3) is 16.6 Å². The summed E-state index contributed by atoms with van der Waals surface area (Å²) in [6.45, 7) is -0.102. The number of carbonyl (C=O) groups is 1. The lowest BCUT2D eigenvalue weighted by Gasteiger charge is -2.13. The van der Waals surface area contributed by atoms with Crippen molar-refractivity contribution in [3.63, 3.8) is 0 Å². The molecule has 1 N–H and O–H groups in total. The van der Waals surface area contributed by atoms with Gasteiger partial charge in [0.05, 0.1) is 25.3 Å². The van der Waals surface area contributed by atoms with Crippen LogP contribution in [0.1, 0.15) is 0 Å². The Morgan fingerprint density at radius 3 is 2.39 bits per heavy atom. The molecule has 0 aliphatic rings. The number of carbonyl (C=O) groups excluding carboxylic acids is 1. The lowest BCUT2D eigenvalue weighted by Crippen LogP contribution is -2.29. The molecule has 0 aliphatic carbocycles. The van der Waals surface area contributed by atoms with Crippen molar-refractivity contribution in [3.8, 4) is 11.5 Å². The number of methoxy groups -OCH3 is 2. The SMILES string of the molecule is COc1ccc(NC(=O)Cn2c(=O)c3cccn3c3ccccc32)cc1OC.